The lowest BCUT2D eigenvalue weighted by atomic mass is 9.80. The van der Waals surface area contributed by atoms with E-state index in [4.69, 9.17) is 10.5 Å². The lowest BCUT2D eigenvalue weighted by Gasteiger charge is -2.45. The Hall–Kier alpha value is -3.50. The van der Waals surface area contributed by atoms with Gasteiger partial charge in [-0.25, -0.2) is 9.59 Å². The van der Waals surface area contributed by atoms with Crippen LogP contribution >= 0.6 is 0 Å². The van der Waals surface area contributed by atoms with Crippen LogP contribution in [0.5, 0.6) is 0 Å². The molecule has 2 aromatic carbocycles. The number of urea groups is 1. The highest BCUT2D eigenvalue weighted by Crippen LogP contribution is 2.42. The number of ether oxygens (including phenoxy) is 1. The minimum absolute atomic E-state index is 0.193. The van der Waals surface area contributed by atoms with Crippen molar-refractivity contribution in [3.63, 3.8) is 0 Å². The maximum atomic E-state index is 13.3. The molecule has 3 amide bonds. The highest BCUT2D eigenvalue weighted by atomic mass is 16.6. The highest BCUT2D eigenvalue weighted by Gasteiger charge is 2.46. The van der Waals surface area contributed by atoms with Crippen molar-refractivity contribution in [1.82, 2.24) is 10.2 Å². The van der Waals surface area contributed by atoms with Gasteiger partial charge in [0.05, 0.1) is 11.6 Å². The van der Waals surface area contributed by atoms with Gasteiger partial charge in [0.1, 0.15) is 11.1 Å². The van der Waals surface area contributed by atoms with E-state index in [1.807, 2.05) is 61.5 Å². The summed E-state index contributed by atoms with van der Waals surface area (Å²) in [6.07, 6.45) is 5.27. The molecule has 2 aliphatic rings. The number of hydrogen-bond acceptors (Lipinski definition) is 4. The quantitative estimate of drug-likeness (QED) is 0.448. The monoisotopic (exact) mass is 517 g/mol. The predicted molar refractivity (Wildman–Crippen MR) is 147 cm³/mol. The van der Waals surface area contributed by atoms with Crippen LogP contribution in [-0.4, -0.2) is 39.8 Å². The molecule has 2 atom stereocenters. The van der Waals surface area contributed by atoms with E-state index >= 15 is 0 Å². The van der Waals surface area contributed by atoms with Gasteiger partial charge >= 0.3 is 12.1 Å². The first kappa shape index (κ1) is 27.5. The highest BCUT2D eigenvalue weighted by molar-refractivity contribution is 5.73. The third-order valence-corrected chi connectivity index (χ3v) is 7.67. The van der Waals surface area contributed by atoms with Crippen molar-refractivity contribution in [2.24, 2.45) is 5.73 Å². The van der Waals surface area contributed by atoms with Gasteiger partial charge in [-0.2, -0.15) is 0 Å². The summed E-state index contributed by atoms with van der Waals surface area (Å²) in [7, 11) is 0. The first-order valence-corrected chi connectivity index (χ1v) is 13.5. The Kier molecular flexibility index (Phi) is 8.03. The molecule has 1 heterocycles. The summed E-state index contributed by atoms with van der Waals surface area (Å²) in [6, 6.07) is 16.8. The minimum atomic E-state index is -0.996. The molecule has 0 radical (unpaired) electrons. The number of nitrogens with one attached hydrogen (secondary N) is 1. The van der Waals surface area contributed by atoms with Crippen LogP contribution in [0.3, 0.4) is 0 Å². The van der Waals surface area contributed by atoms with Crippen LogP contribution in [0.4, 0.5) is 9.59 Å². The fourth-order valence-electron chi connectivity index (χ4n) is 5.78. The van der Waals surface area contributed by atoms with Crippen LogP contribution in [0.25, 0.3) is 0 Å². The molecule has 38 heavy (non-hydrogen) atoms. The van der Waals surface area contributed by atoms with Gasteiger partial charge in [-0.05, 0) is 56.9 Å². The Bertz CT molecular complexity index is 1190. The molecule has 2 fully saturated rings. The second-order valence-corrected chi connectivity index (χ2v) is 11.3. The molecule has 0 bridgehead atoms. The summed E-state index contributed by atoms with van der Waals surface area (Å²) in [5, 5.41) is 13.5. The SMILES string of the molecule is C[C@@H](c1ccc(C#CC2(NC(N)=O)CCCCC2)cc1)N1CC[C@](CC(C)(C)O)(c2ccccc2)OC1=O. The number of carbonyl (C=O) groups excluding carboxylic acids is 2. The van der Waals surface area contributed by atoms with Gasteiger partial charge in [0, 0.05) is 24.9 Å². The van der Waals surface area contributed by atoms with E-state index in [0.717, 1.165) is 48.8 Å². The number of cyclic esters (lactones) is 1. The number of nitrogens with two attached hydrogens (primary N) is 1. The average molecular weight is 518 g/mol. The van der Waals surface area contributed by atoms with Gasteiger partial charge in [-0.3, -0.25) is 0 Å². The largest absolute Gasteiger partial charge is 0.438 e. The zero-order valence-electron chi connectivity index (χ0n) is 22.6. The van der Waals surface area contributed by atoms with E-state index < -0.39 is 28.9 Å². The number of carbonyl (C=O) groups is 2. The van der Waals surface area contributed by atoms with Crippen LogP contribution in [0.1, 0.15) is 88.4 Å². The maximum Gasteiger partial charge on any atom is 0.411 e. The van der Waals surface area contributed by atoms with Crippen LogP contribution in [-0.2, 0) is 10.3 Å². The van der Waals surface area contributed by atoms with Gasteiger partial charge in [-0.15, -0.1) is 0 Å². The first-order chi connectivity index (χ1) is 18.0. The number of amides is 3. The number of aliphatic hydroxyl groups is 1. The van der Waals surface area contributed by atoms with Gasteiger partial charge in [0.15, 0.2) is 0 Å². The fraction of sp³-hybridized carbons (Fsp3) is 0.484. The molecular formula is C31H39N3O4. The summed E-state index contributed by atoms with van der Waals surface area (Å²) in [4.78, 5) is 26.6. The number of hydrogen-bond donors (Lipinski definition) is 3. The zero-order valence-corrected chi connectivity index (χ0v) is 22.6. The third kappa shape index (κ3) is 6.49. The van der Waals surface area contributed by atoms with E-state index in [9.17, 15) is 14.7 Å². The van der Waals surface area contributed by atoms with E-state index in [2.05, 4.69) is 17.2 Å². The lowest BCUT2D eigenvalue weighted by Crippen LogP contribution is -2.51. The van der Waals surface area contributed by atoms with Gasteiger partial charge in [0.2, 0.25) is 0 Å². The standard InChI is InChI=1S/C31H39N3O4/c1-23(25-14-12-24(13-15-25)16-19-30(33-27(32)35)17-8-5-9-18-30)34-21-20-31(38-28(34)36,22-29(2,3)37)26-10-6-4-7-11-26/h4,6-7,10-15,23,37H,5,8-9,17-18,20-22H2,1-3H3,(H3,32,33,35)/t23-,31-/m0/s1. The normalized spacial score (nSPS) is 22.0. The van der Waals surface area contributed by atoms with Gasteiger partial charge < -0.3 is 25.8 Å². The van der Waals surface area contributed by atoms with Crippen LogP contribution in [0.15, 0.2) is 54.6 Å². The zero-order chi connectivity index (χ0) is 27.4. The maximum absolute atomic E-state index is 13.3. The van der Waals surface area contributed by atoms with Gasteiger partial charge in [-0.1, -0.05) is 73.6 Å². The molecule has 1 aliphatic heterocycles. The van der Waals surface area contributed by atoms with Gasteiger partial charge in [0.25, 0.3) is 0 Å². The summed E-state index contributed by atoms with van der Waals surface area (Å²) in [6.45, 7) is 5.98. The Balaban J connectivity index is 1.48. The molecule has 4 N–H and O–H groups in total. The van der Waals surface area contributed by atoms with E-state index in [1.54, 1.807) is 18.7 Å². The van der Waals surface area contributed by atoms with E-state index in [-0.39, 0.29) is 6.04 Å². The Labute approximate surface area is 225 Å². The molecule has 4 rings (SSSR count). The van der Waals surface area contributed by atoms with Crippen LogP contribution in [0, 0.1) is 11.8 Å². The Morgan fingerprint density at radius 2 is 1.76 bits per heavy atom. The van der Waals surface area contributed by atoms with Crippen LogP contribution < -0.4 is 11.1 Å². The smallest absolute Gasteiger partial charge is 0.411 e. The van der Waals surface area contributed by atoms with Crippen LogP contribution in [0.2, 0.25) is 0 Å². The molecule has 1 saturated heterocycles. The molecular weight excluding hydrogens is 478 g/mol. The molecule has 7 nitrogen and oxygen atoms in total. The Morgan fingerprint density at radius 3 is 2.34 bits per heavy atom. The lowest BCUT2D eigenvalue weighted by molar-refractivity contribution is -0.101. The molecule has 0 unspecified atom stereocenters. The number of benzene rings is 2. The van der Waals surface area contributed by atoms with Crippen molar-refractivity contribution >= 4 is 12.1 Å². The summed E-state index contributed by atoms with van der Waals surface area (Å²) >= 11 is 0. The van der Waals surface area contributed by atoms with Crippen molar-refractivity contribution < 1.29 is 19.4 Å². The topological polar surface area (TPSA) is 105 Å². The predicted octanol–water partition coefficient (Wildman–Crippen LogP) is 5.37. The van der Waals surface area contributed by atoms with Crippen molar-refractivity contribution in [2.45, 2.75) is 88.5 Å². The van der Waals surface area contributed by atoms with Crippen molar-refractivity contribution in [3.8, 4) is 11.8 Å². The first-order valence-electron chi connectivity index (χ1n) is 13.5. The summed E-state index contributed by atoms with van der Waals surface area (Å²) < 4.78 is 6.12. The van der Waals surface area contributed by atoms with E-state index in [1.165, 1.54) is 0 Å². The van der Waals surface area contributed by atoms with E-state index in [0.29, 0.717) is 19.4 Å². The average Bonchev–Trinajstić information content (AvgIpc) is 2.87. The van der Waals surface area contributed by atoms with Crippen molar-refractivity contribution in [2.75, 3.05) is 6.54 Å². The minimum Gasteiger partial charge on any atom is -0.438 e. The second kappa shape index (κ2) is 11.1. The number of nitrogens with zero attached hydrogens (tertiary/aromatic N) is 1. The molecule has 7 heteroatoms. The summed E-state index contributed by atoms with van der Waals surface area (Å²) in [5.41, 5.74) is 5.69. The second-order valence-electron chi connectivity index (χ2n) is 11.3. The number of rotatable bonds is 6. The fourth-order valence-corrected chi connectivity index (χ4v) is 5.78. The number of primary amides is 1. The van der Waals surface area contributed by atoms with Crippen molar-refractivity contribution in [3.05, 3.63) is 71.3 Å². The molecule has 1 saturated carbocycles. The molecule has 2 aromatic rings. The molecule has 0 aromatic heterocycles. The molecule has 0 spiro atoms. The Morgan fingerprint density at radius 1 is 1.11 bits per heavy atom. The molecule has 1 aliphatic carbocycles. The third-order valence-electron chi connectivity index (χ3n) is 7.67. The molecule has 202 valence electrons. The van der Waals surface area contributed by atoms with Crippen molar-refractivity contribution in [1.29, 1.82) is 0 Å². The summed E-state index contributed by atoms with van der Waals surface area (Å²) in [5.74, 6) is 6.49.